The summed E-state index contributed by atoms with van der Waals surface area (Å²) in [7, 11) is 1.38. The SMILES string of the molecule is CCc1ccc(-c2nc(CC(=O)NC3(C(=O)OC)CCC(C)CC3)cs2)cc1. The first kappa shape index (κ1) is 20.5. The monoisotopic (exact) mass is 400 g/mol. The van der Waals surface area contributed by atoms with Crippen LogP contribution in [0, 0.1) is 5.92 Å². The van der Waals surface area contributed by atoms with E-state index in [-0.39, 0.29) is 18.3 Å². The van der Waals surface area contributed by atoms with Crippen LogP contribution < -0.4 is 5.32 Å². The molecule has 1 amide bonds. The molecule has 0 saturated heterocycles. The molecule has 1 heterocycles. The predicted molar refractivity (Wildman–Crippen MR) is 111 cm³/mol. The van der Waals surface area contributed by atoms with Gasteiger partial charge in [-0.2, -0.15) is 0 Å². The van der Waals surface area contributed by atoms with E-state index in [4.69, 9.17) is 4.74 Å². The summed E-state index contributed by atoms with van der Waals surface area (Å²) in [5.74, 6) is 0.0377. The molecule has 1 aromatic heterocycles. The zero-order chi connectivity index (χ0) is 20.1. The Morgan fingerprint density at radius 1 is 1.25 bits per heavy atom. The van der Waals surface area contributed by atoms with E-state index in [2.05, 4.69) is 48.4 Å². The van der Waals surface area contributed by atoms with Crippen molar-refractivity contribution in [1.29, 1.82) is 0 Å². The van der Waals surface area contributed by atoms with Crippen LogP contribution in [0.25, 0.3) is 10.6 Å². The molecule has 0 spiro atoms. The third-order valence-electron chi connectivity index (χ3n) is 5.59. The number of esters is 1. The number of nitrogens with zero attached hydrogens (tertiary/aromatic N) is 1. The molecule has 1 aromatic carbocycles. The van der Waals surface area contributed by atoms with Crippen LogP contribution in [0.5, 0.6) is 0 Å². The molecular formula is C22H28N2O3S. The molecule has 6 heteroatoms. The summed E-state index contributed by atoms with van der Waals surface area (Å²) in [6.07, 6.45) is 4.23. The van der Waals surface area contributed by atoms with Crippen molar-refractivity contribution < 1.29 is 14.3 Å². The van der Waals surface area contributed by atoms with Gasteiger partial charge in [0.15, 0.2) is 0 Å². The number of hydrogen-bond donors (Lipinski definition) is 1. The van der Waals surface area contributed by atoms with Crippen molar-refractivity contribution in [3.8, 4) is 10.6 Å². The van der Waals surface area contributed by atoms with Gasteiger partial charge in [-0.25, -0.2) is 9.78 Å². The van der Waals surface area contributed by atoms with Gasteiger partial charge in [0.2, 0.25) is 5.91 Å². The molecule has 0 unspecified atom stereocenters. The maximum atomic E-state index is 12.7. The normalized spacial score (nSPS) is 21.9. The zero-order valence-corrected chi connectivity index (χ0v) is 17.6. The Hall–Kier alpha value is -2.21. The van der Waals surface area contributed by atoms with Gasteiger partial charge in [-0.1, -0.05) is 38.1 Å². The van der Waals surface area contributed by atoms with Crippen LogP contribution in [-0.4, -0.2) is 29.5 Å². The van der Waals surface area contributed by atoms with Crippen LogP contribution in [0.3, 0.4) is 0 Å². The maximum absolute atomic E-state index is 12.7. The molecule has 1 N–H and O–H groups in total. The first-order valence-electron chi connectivity index (χ1n) is 9.89. The molecule has 1 fully saturated rings. The van der Waals surface area contributed by atoms with Gasteiger partial charge >= 0.3 is 5.97 Å². The Kier molecular flexibility index (Phi) is 6.50. The summed E-state index contributed by atoms with van der Waals surface area (Å²) >= 11 is 1.53. The van der Waals surface area contributed by atoms with Crippen LogP contribution in [0.4, 0.5) is 0 Å². The van der Waals surface area contributed by atoms with Crippen molar-refractivity contribution in [2.45, 2.75) is 57.9 Å². The number of benzene rings is 1. The molecule has 0 radical (unpaired) electrons. The molecule has 28 heavy (non-hydrogen) atoms. The molecule has 1 aliphatic carbocycles. The Labute approximate surface area is 170 Å². The summed E-state index contributed by atoms with van der Waals surface area (Å²) in [5.41, 5.74) is 2.17. The fraction of sp³-hybridized carbons (Fsp3) is 0.500. The molecule has 0 atom stereocenters. The Bertz CT molecular complexity index is 821. The topological polar surface area (TPSA) is 68.3 Å². The maximum Gasteiger partial charge on any atom is 0.331 e. The lowest BCUT2D eigenvalue weighted by atomic mass is 9.77. The van der Waals surface area contributed by atoms with Crippen LogP contribution in [0.15, 0.2) is 29.6 Å². The van der Waals surface area contributed by atoms with Crippen LogP contribution in [0.1, 0.15) is 50.8 Å². The van der Waals surface area contributed by atoms with Crippen LogP contribution >= 0.6 is 11.3 Å². The number of thiazole rings is 1. The quantitative estimate of drug-likeness (QED) is 0.740. The first-order valence-corrected chi connectivity index (χ1v) is 10.8. The van der Waals surface area contributed by atoms with E-state index in [1.54, 1.807) is 0 Å². The van der Waals surface area contributed by atoms with Gasteiger partial charge in [0.25, 0.3) is 0 Å². The fourth-order valence-corrected chi connectivity index (χ4v) is 4.54. The molecule has 1 aliphatic rings. The van der Waals surface area contributed by atoms with E-state index in [1.165, 1.54) is 24.0 Å². The predicted octanol–water partition coefficient (Wildman–Crippen LogP) is 4.15. The molecule has 0 aliphatic heterocycles. The van der Waals surface area contributed by atoms with Gasteiger partial charge in [0.05, 0.1) is 19.2 Å². The number of carbonyl (C=O) groups is 2. The largest absolute Gasteiger partial charge is 0.467 e. The van der Waals surface area contributed by atoms with E-state index >= 15 is 0 Å². The number of carbonyl (C=O) groups excluding carboxylic acids is 2. The van der Waals surface area contributed by atoms with E-state index in [0.29, 0.717) is 18.8 Å². The molecule has 3 rings (SSSR count). The Morgan fingerprint density at radius 3 is 2.54 bits per heavy atom. The molecule has 1 saturated carbocycles. The van der Waals surface area contributed by atoms with Gasteiger partial charge in [-0.15, -0.1) is 11.3 Å². The molecule has 5 nitrogen and oxygen atoms in total. The second-order valence-electron chi connectivity index (χ2n) is 7.68. The number of methoxy groups -OCH3 is 1. The average Bonchev–Trinajstić information content (AvgIpc) is 3.17. The minimum absolute atomic E-state index is 0.165. The summed E-state index contributed by atoms with van der Waals surface area (Å²) in [5, 5.41) is 5.78. The van der Waals surface area contributed by atoms with Crippen molar-refractivity contribution in [3.05, 3.63) is 40.9 Å². The number of ether oxygens (including phenoxy) is 1. The summed E-state index contributed by atoms with van der Waals surface area (Å²) in [6, 6.07) is 8.34. The highest BCUT2D eigenvalue weighted by molar-refractivity contribution is 7.13. The number of aryl methyl sites for hydroxylation is 1. The van der Waals surface area contributed by atoms with Crippen molar-refractivity contribution in [1.82, 2.24) is 10.3 Å². The molecule has 2 aromatic rings. The summed E-state index contributed by atoms with van der Waals surface area (Å²) in [6.45, 7) is 4.30. The van der Waals surface area contributed by atoms with Gasteiger partial charge in [-0.3, -0.25) is 4.79 Å². The highest BCUT2D eigenvalue weighted by Crippen LogP contribution is 2.33. The third kappa shape index (κ3) is 4.61. The zero-order valence-electron chi connectivity index (χ0n) is 16.8. The Balaban J connectivity index is 1.67. The lowest BCUT2D eigenvalue weighted by Crippen LogP contribution is -2.57. The van der Waals surface area contributed by atoms with Crippen molar-refractivity contribution in [2.24, 2.45) is 5.92 Å². The van der Waals surface area contributed by atoms with Crippen molar-refractivity contribution in [3.63, 3.8) is 0 Å². The standard InChI is InChI=1S/C22H28N2O3S/c1-4-16-5-7-17(8-6-16)20-23-18(14-28-20)13-19(25)24-22(21(26)27-3)11-9-15(2)10-12-22/h5-8,14-15H,4,9-13H2,1-3H3,(H,24,25). The second kappa shape index (κ2) is 8.86. The molecule has 150 valence electrons. The van der Waals surface area contributed by atoms with E-state index in [0.717, 1.165) is 35.5 Å². The average molecular weight is 401 g/mol. The number of nitrogens with one attached hydrogen (secondary N) is 1. The molecule has 0 bridgehead atoms. The number of rotatable bonds is 6. The fourth-order valence-electron chi connectivity index (χ4n) is 3.71. The number of hydrogen-bond acceptors (Lipinski definition) is 5. The number of amides is 1. The lowest BCUT2D eigenvalue weighted by molar-refractivity contribution is -0.153. The second-order valence-corrected chi connectivity index (χ2v) is 8.53. The van der Waals surface area contributed by atoms with Crippen molar-refractivity contribution >= 4 is 23.2 Å². The third-order valence-corrected chi connectivity index (χ3v) is 6.53. The highest BCUT2D eigenvalue weighted by atomic mass is 32.1. The minimum Gasteiger partial charge on any atom is -0.467 e. The van der Waals surface area contributed by atoms with Crippen LogP contribution in [-0.2, 0) is 27.2 Å². The van der Waals surface area contributed by atoms with Gasteiger partial charge in [-0.05, 0) is 43.6 Å². The van der Waals surface area contributed by atoms with E-state index in [1.807, 2.05) is 5.38 Å². The van der Waals surface area contributed by atoms with E-state index < -0.39 is 5.54 Å². The van der Waals surface area contributed by atoms with Gasteiger partial charge in [0.1, 0.15) is 10.5 Å². The number of aromatic nitrogens is 1. The smallest absolute Gasteiger partial charge is 0.331 e. The Morgan fingerprint density at radius 2 is 1.93 bits per heavy atom. The minimum atomic E-state index is -0.896. The summed E-state index contributed by atoms with van der Waals surface area (Å²) < 4.78 is 4.99. The molecular weight excluding hydrogens is 372 g/mol. The van der Waals surface area contributed by atoms with Gasteiger partial charge in [0, 0.05) is 10.9 Å². The summed E-state index contributed by atoms with van der Waals surface area (Å²) in [4.78, 5) is 29.6. The van der Waals surface area contributed by atoms with Crippen LogP contribution in [0.2, 0.25) is 0 Å². The first-order chi connectivity index (χ1) is 13.5. The van der Waals surface area contributed by atoms with Crippen molar-refractivity contribution in [2.75, 3.05) is 7.11 Å². The van der Waals surface area contributed by atoms with Gasteiger partial charge < -0.3 is 10.1 Å². The highest BCUT2D eigenvalue weighted by Gasteiger charge is 2.43. The lowest BCUT2D eigenvalue weighted by Gasteiger charge is -2.37. The van der Waals surface area contributed by atoms with E-state index in [9.17, 15) is 9.59 Å².